The van der Waals surface area contributed by atoms with E-state index in [4.69, 9.17) is 9.72 Å². The van der Waals surface area contributed by atoms with Gasteiger partial charge in [-0.1, -0.05) is 0 Å². The number of methoxy groups -OCH3 is 1. The van der Waals surface area contributed by atoms with Gasteiger partial charge in [0.1, 0.15) is 22.4 Å². The van der Waals surface area contributed by atoms with Crippen molar-refractivity contribution in [1.82, 2.24) is 19.9 Å². The number of aryl methyl sites for hydroxylation is 2. The Morgan fingerprint density at radius 2 is 1.97 bits per heavy atom. The third-order valence-electron chi connectivity index (χ3n) is 6.10. The molecule has 33 heavy (non-hydrogen) atoms. The number of aromatic nitrogens is 4. The van der Waals surface area contributed by atoms with Crippen LogP contribution in [0.4, 0.5) is 11.8 Å². The molecule has 10 nitrogen and oxygen atoms in total. The third-order valence-corrected chi connectivity index (χ3v) is 7.14. The van der Waals surface area contributed by atoms with Gasteiger partial charge in [-0.25, -0.2) is 9.97 Å². The van der Waals surface area contributed by atoms with E-state index in [1.807, 2.05) is 26.8 Å². The van der Waals surface area contributed by atoms with Crippen LogP contribution in [-0.4, -0.2) is 79.9 Å². The van der Waals surface area contributed by atoms with Gasteiger partial charge in [-0.05, 0) is 33.3 Å². The van der Waals surface area contributed by atoms with Gasteiger partial charge in [0.2, 0.25) is 5.95 Å². The molecule has 5 atom stereocenters. The number of thiazole rings is 1. The quantitative estimate of drug-likeness (QED) is 0.327. The van der Waals surface area contributed by atoms with Gasteiger partial charge in [0.25, 0.3) is 0 Å². The molecule has 0 saturated heterocycles. The molecule has 0 unspecified atom stereocenters. The number of aliphatic hydroxyl groups is 3. The number of pyridine rings is 1. The lowest BCUT2D eigenvalue weighted by molar-refractivity contribution is 0.00446. The molecule has 0 amide bonds. The topological polar surface area (TPSA) is 146 Å². The second-order valence-electron chi connectivity index (χ2n) is 8.46. The third kappa shape index (κ3) is 4.78. The first-order chi connectivity index (χ1) is 15.8. The van der Waals surface area contributed by atoms with Crippen molar-refractivity contribution in [2.75, 3.05) is 30.9 Å². The van der Waals surface area contributed by atoms with E-state index in [0.29, 0.717) is 24.7 Å². The summed E-state index contributed by atoms with van der Waals surface area (Å²) in [5.41, 5.74) is 3.12. The zero-order valence-corrected chi connectivity index (χ0v) is 19.9. The predicted molar refractivity (Wildman–Crippen MR) is 127 cm³/mol. The predicted octanol–water partition coefficient (Wildman–Crippen LogP) is 1.73. The van der Waals surface area contributed by atoms with Crippen molar-refractivity contribution in [3.8, 4) is 10.6 Å². The van der Waals surface area contributed by atoms with Crippen LogP contribution < -0.4 is 10.6 Å². The number of hydrogen-bond donors (Lipinski definition) is 5. The Morgan fingerprint density at radius 3 is 2.64 bits per heavy atom. The van der Waals surface area contributed by atoms with Gasteiger partial charge in [-0.3, -0.25) is 4.98 Å². The average Bonchev–Trinajstić information content (AvgIpc) is 3.34. The van der Waals surface area contributed by atoms with Crippen LogP contribution in [0, 0.1) is 19.8 Å². The van der Waals surface area contributed by atoms with Gasteiger partial charge in [-0.15, -0.1) is 11.3 Å². The Morgan fingerprint density at radius 1 is 1.18 bits per heavy atom. The fourth-order valence-electron chi connectivity index (χ4n) is 4.04. The van der Waals surface area contributed by atoms with Crippen LogP contribution in [0.15, 0.2) is 12.3 Å². The summed E-state index contributed by atoms with van der Waals surface area (Å²) >= 11 is 1.52. The largest absolute Gasteiger partial charge is 0.396 e. The number of hydrogen-bond acceptors (Lipinski definition) is 11. The Hall–Kier alpha value is -2.44. The van der Waals surface area contributed by atoms with Crippen molar-refractivity contribution in [2.45, 2.75) is 51.5 Å². The second kappa shape index (κ2) is 9.82. The van der Waals surface area contributed by atoms with Crippen molar-refractivity contribution < 1.29 is 20.1 Å². The molecule has 0 aromatic carbocycles. The number of nitrogens with one attached hydrogen (secondary N) is 2. The highest BCUT2D eigenvalue weighted by molar-refractivity contribution is 7.21. The lowest BCUT2D eigenvalue weighted by Gasteiger charge is -2.21. The molecular weight excluding hydrogens is 444 g/mol. The van der Waals surface area contributed by atoms with E-state index < -0.39 is 24.2 Å². The molecule has 3 heterocycles. The van der Waals surface area contributed by atoms with Gasteiger partial charge in [0.05, 0.1) is 39.9 Å². The van der Waals surface area contributed by atoms with Gasteiger partial charge >= 0.3 is 0 Å². The van der Waals surface area contributed by atoms with Crippen LogP contribution in [0.25, 0.3) is 20.8 Å². The molecule has 0 radical (unpaired) electrons. The number of fused-ring (bicyclic) bond motifs is 1. The summed E-state index contributed by atoms with van der Waals surface area (Å²) in [6, 6.07) is 1.45. The van der Waals surface area contributed by atoms with E-state index >= 15 is 0 Å². The normalized spacial score (nSPS) is 23.7. The molecule has 1 aliphatic carbocycles. The smallest absolute Gasteiger partial charge is 0.224 e. The Labute approximate surface area is 196 Å². The van der Waals surface area contributed by atoms with Gasteiger partial charge in [0.15, 0.2) is 0 Å². The van der Waals surface area contributed by atoms with Crippen LogP contribution in [0.3, 0.4) is 0 Å². The molecule has 11 heteroatoms. The van der Waals surface area contributed by atoms with Crippen molar-refractivity contribution >= 4 is 33.3 Å². The minimum atomic E-state index is -1.03. The van der Waals surface area contributed by atoms with E-state index in [9.17, 15) is 15.3 Å². The Bertz CT molecular complexity index is 1130. The molecule has 0 spiro atoms. The van der Waals surface area contributed by atoms with Crippen molar-refractivity contribution in [2.24, 2.45) is 5.92 Å². The molecule has 0 bridgehead atoms. The summed E-state index contributed by atoms with van der Waals surface area (Å²) in [6.07, 6.45) is 0.111. The zero-order chi connectivity index (χ0) is 23.7. The average molecular weight is 475 g/mol. The molecule has 3 aromatic heterocycles. The highest BCUT2D eigenvalue weighted by Crippen LogP contribution is 2.38. The SMILES string of the molecule is CO[C@@H](C)CNc1nc(C)c(-c2nc3c(C)nccc3s2)c(N[C@@H]2C[C@H](CO)[C@@H](O)[C@H]2O)n1. The fraction of sp³-hybridized carbons (Fsp3) is 0.545. The molecule has 0 aliphatic heterocycles. The van der Waals surface area contributed by atoms with Crippen LogP contribution in [0.2, 0.25) is 0 Å². The first-order valence-electron chi connectivity index (χ1n) is 10.9. The van der Waals surface area contributed by atoms with Gasteiger partial charge < -0.3 is 30.7 Å². The Kier molecular flexibility index (Phi) is 7.05. The maximum atomic E-state index is 10.6. The maximum absolute atomic E-state index is 10.6. The summed E-state index contributed by atoms with van der Waals surface area (Å²) in [4.78, 5) is 18.5. The molecule has 178 valence electrons. The number of anilines is 2. The first kappa shape index (κ1) is 23.7. The molecule has 4 rings (SSSR count). The minimum absolute atomic E-state index is 0.0261. The van der Waals surface area contributed by atoms with Crippen LogP contribution >= 0.6 is 11.3 Å². The monoisotopic (exact) mass is 474 g/mol. The van der Waals surface area contributed by atoms with Gasteiger partial charge in [-0.2, -0.15) is 4.98 Å². The second-order valence-corrected chi connectivity index (χ2v) is 9.49. The summed E-state index contributed by atoms with van der Waals surface area (Å²) in [7, 11) is 1.64. The lowest BCUT2D eigenvalue weighted by Crippen LogP contribution is -2.35. The van der Waals surface area contributed by atoms with E-state index in [0.717, 1.165) is 32.2 Å². The van der Waals surface area contributed by atoms with Crippen LogP contribution in [0.1, 0.15) is 24.7 Å². The summed E-state index contributed by atoms with van der Waals surface area (Å²) in [5.74, 6) is 0.531. The van der Waals surface area contributed by atoms with E-state index in [-0.39, 0.29) is 12.7 Å². The standard InChI is InChI=1S/C22H30N6O4S/c1-10(32-4)8-24-22-25-11(2)16(21-27-17-12(3)23-6-5-15(17)33-21)20(28-22)26-14-7-13(9-29)18(30)19(14)31/h5-6,10,13-14,18-19,29-31H,7-9H2,1-4H3,(H2,24,25,26,28)/t10-,13+,14+,18+,19-/m0/s1. The highest BCUT2D eigenvalue weighted by Gasteiger charge is 2.41. The summed E-state index contributed by atoms with van der Waals surface area (Å²) in [6.45, 7) is 6.08. The zero-order valence-electron chi connectivity index (χ0n) is 19.1. The maximum Gasteiger partial charge on any atom is 0.224 e. The van der Waals surface area contributed by atoms with Crippen molar-refractivity contribution in [3.05, 3.63) is 23.7 Å². The van der Waals surface area contributed by atoms with E-state index in [1.165, 1.54) is 11.3 Å². The molecule has 5 N–H and O–H groups in total. The lowest BCUT2D eigenvalue weighted by atomic mass is 10.1. The number of rotatable bonds is 8. The fourth-order valence-corrected chi connectivity index (χ4v) is 5.15. The first-order valence-corrected chi connectivity index (χ1v) is 11.7. The number of aliphatic hydroxyl groups excluding tert-OH is 3. The number of nitrogens with zero attached hydrogens (tertiary/aromatic N) is 4. The Balaban J connectivity index is 1.75. The van der Waals surface area contributed by atoms with E-state index in [1.54, 1.807) is 13.3 Å². The van der Waals surface area contributed by atoms with Crippen molar-refractivity contribution in [3.63, 3.8) is 0 Å². The molecular formula is C22H30N6O4S. The number of ether oxygens (including phenoxy) is 1. The van der Waals surface area contributed by atoms with Crippen LogP contribution in [0.5, 0.6) is 0 Å². The van der Waals surface area contributed by atoms with Crippen molar-refractivity contribution in [1.29, 1.82) is 0 Å². The van der Waals surface area contributed by atoms with E-state index in [2.05, 4.69) is 25.6 Å². The molecule has 1 aliphatic rings. The van der Waals surface area contributed by atoms with Gasteiger partial charge in [0, 0.05) is 32.4 Å². The molecule has 1 fully saturated rings. The minimum Gasteiger partial charge on any atom is -0.396 e. The molecule has 1 saturated carbocycles. The summed E-state index contributed by atoms with van der Waals surface area (Å²) < 4.78 is 6.31. The van der Waals surface area contributed by atoms with Crippen LogP contribution in [-0.2, 0) is 4.74 Å². The highest BCUT2D eigenvalue weighted by atomic mass is 32.1. The molecule has 3 aromatic rings. The summed E-state index contributed by atoms with van der Waals surface area (Å²) in [5, 5.41) is 37.6.